The van der Waals surface area contributed by atoms with Crippen LogP contribution in [-0.2, 0) is 4.79 Å². The van der Waals surface area contributed by atoms with Crippen LogP contribution in [0.1, 0.15) is 44.7 Å². The first kappa shape index (κ1) is 16.3. The highest BCUT2D eigenvalue weighted by Crippen LogP contribution is 2.28. The molecule has 0 fully saturated rings. The molecule has 0 aliphatic rings. The number of hydrogen-bond donors (Lipinski definition) is 0. The van der Waals surface area contributed by atoms with Gasteiger partial charge in [-0.25, -0.2) is 0 Å². The Kier molecular flexibility index (Phi) is 5.37. The van der Waals surface area contributed by atoms with Crippen LogP contribution in [-0.4, -0.2) is 22.9 Å². The highest BCUT2D eigenvalue weighted by Gasteiger charge is 2.30. The Morgan fingerprint density at radius 2 is 1.09 bits per heavy atom. The molecule has 2 aromatic rings. The Morgan fingerprint density at radius 1 is 0.727 bits per heavy atom. The van der Waals surface area contributed by atoms with Crippen LogP contribution >= 0.6 is 0 Å². The Bertz CT molecular complexity index is 542. The fraction of sp³-hybridized carbons (Fsp3) is 0.350. The van der Waals surface area contributed by atoms with E-state index in [1.54, 1.807) is 0 Å². The average molecular weight is 295 g/mol. The van der Waals surface area contributed by atoms with Gasteiger partial charge in [-0.1, -0.05) is 60.7 Å². The molecule has 0 bridgehead atoms. The summed E-state index contributed by atoms with van der Waals surface area (Å²) in [5, 5.41) is 0. The van der Waals surface area contributed by atoms with Crippen molar-refractivity contribution < 1.29 is 4.79 Å². The van der Waals surface area contributed by atoms with Gasteiger partial charge in [0, 0.05) is 12.1 Å². The third-order valence-electron chi connectivity index (χ3n) is 3.88. The molecule has 116 valence electrons. The lowest BCUT2D eigenvalue weighted by Crippen LogP contribution is -2.44. The van der Waals surface area contributed by atoms with Crippen molar-refractivity contribution in [1.82, 2.24) is 4.90 Å². The van der Waals surface area contributed by atoms with Gasteiger partial charge in [0.15, 0.2) is 0 Å². The fourth-order valence-corrected chi connectivity index (χ4v) is 3.02. The minimum atomic E-state index is -0.243. The molecule has 0 saturated carbocycles. The monoisotopic (exact) mass is 295 g/mol. The number of rotatable bonds is 5. The van der Waals surface area contributed by atoms with E-state index in [1.807, 2.05) is 65.6 Å². The summed E-state index contributed by atoms with van der Waals surface area (Å²) < 4.78 is 0. The minimum absolute atomic E-state index is 0.169. The van der Waals surface area contributed by atoms with Crippen molar-refractivity contribution in [3.8, 4) is 0 Å². The van der Waals surface area contributed by atoms with Crippen LogP contribution in [0.3, 0.4) is 0 Å². The quantitative estimate of drug-likeness (QED) is 0.797. The highest BCUT2D eigenvalue weighted by molar-refractivity contribution is 5.87. The van der Waals surface area contributed by atoms with Crippen LogP contribution in [0.15, 0.2) is 60.7 Å². The smallest absolute Gasteiger partial charge is 0.235 e. The van der Waals surface area contributed by atoms with E-state index >= 15 is 0 Å². The third-order valence-corrected chi connectivity index (χ3v) is 3.88. The molecular formula is C20H25NO. The zero-order valence-electron chi connectivity index (χ0n) is 13.9. The number of nitrogens with zero attached hydrogens (tertiary/aromatic N) is 1. The van der Waals surface area contributed by atoms with E-state index in [2.05, 4.69) is 27.7 Å². The molecule has 0 unspecified atom stereocenters. The number of carbonyl (C=O) groups excluding carboxylic acids is 1. The van der Waals surface area contributed by atoms with Gasteiger partial charge in [-0.15, -0.1) is 0 Å². The normalized spacial score (nSPS) is 11.2. The molecular weight excluding hydrogens is 270 g/mol. The van der Waals surface area contributed by atoms with Crippen molar-refractivity contribution in [3.05, 3.63) is 71.8 Å². The molecule has 0 spiro atoms. The van der Waals surface area contributed by atoms with E-state index in [4.69, 9.17) is 0 Å². The second kappa shape index (κ2) is 7.26. The lowest BCUT2D eigenvalue weighted by molar-refractivity contribution is -0.135. The predicted octanol–water partition coefficient (Wildman–Crippen LogP) is 4.46. The first-order valence-electron chi connectivity index (χ1n) is 7.94. The van der Waals surface area contributed by atoms with Crippen molar-refractivity contribution in [3.63, 3.8) is 0 Å². The standard InChI is InChI=1S/C20H25NO/c1-15(2)21(16(3)4)20(22)19(17-11-7-5-8-12-17)18-13-9-6-10-14-18/h5-16,19H,1-4H3. The van der Waals surface area contributed by atoms with Crippen molar-refractivity contribution in [2.75, 3.05) is 0 Å². The number of benzene rings is 2. The summed E-state index contributed by atoms with van der Waals surface area (Å²) in [6.07, 6.45) is 0. The van der Waals surface area contributed by atoms with Crippen LogP contribution in [0.4, 0.5) is 0 Å². The molecule has 0 atom stereocenters. The SMILES string of the molecule is CC(C)N(C(=O)C(c1ccccc1)c1ccccc1)C(C)C. The van der Waals surface area contributed by atoms with E-state index < -0.39 is 0 Å². The molecule has 2 heteroatoms. The second-order valence-corrected chi connectivity index (χ2v) is 6.19. The van der Waals surface area contributed by atoms with E-state index in [9.17, 15) is 4.79 Å². The van der Waals surface area contributed by atoms with Crippen LogP contribution in [0.5, 0.6) is 0 Å². The van der Waals surface area contributed by atoms with Gasteiger partial charge in [-0.3, -0.25) is 4.79 Å². The van der Waals surface area contributed by atoms with Gasteiger partial charge in [-0.05, 0) is 38.8 Å². The number of hydrogen-bond acceptors (Lipinski definition) is 1. The average Bonchev–Trinajstić information content (AvgIpc) is 2.49. The maximum absolute atomic E-state index is 13.3. The molecule has 1 amide bonds. The van der Waals surface area contributed by atoms with Gasteiger partial charge in [0.2, 0.25) is 5.91 Å². The largest absolute Gasteiger partial charge is 0.337 e. The summed E-state index contributed by atoms with van der Waals surface area (Å²) >= 11 is 0. The molecule has 2 nitrogen and oxygen atoms in total. The Morgan fingerprint density at radius 3 is 1.41 bits per heavy atom. The van der Waals surface area contributed by atoms with Crippen LogP contribution in [0.25, 0.3) is 0 Å². The first-order chi connectivity index (χ1) is 10.5. The zero-order valence-corrected chi connectivity index (χ0v) is 13.9. The van der Waals surface area contributed by atoms with Gasteiger partial charge >= 0.3 is 0 Å². The highest BCUT2D eigenvalue weighted by atomic mass is 16.2. The topological polar surface area (TPSA) is 20.3 Å². The first-order valence-corrected chi connectivity index (χ1v) is 7.94. The summed E-state index contributed by atoms with van der Waals surface area (Å²) in [6.45, 7) is 8.30. The van der Waals surface area contributed by atoms with Crippen molar-refractivity contribution in [2.45, 2.75) is 45.7 Å². The molecule has 2 rings (SSSR count). The van der Waals surface area contributed by atoms with Crippen LogP contribution in [0, 0.1) is 0 Å². The molecule has 0 N–H and O–H groups in total. The lowest BCUT2D eigenvalue weighted by atomic mass is 9.89. The van der Waals surface area contributed by atoms with Crippen LogP contribution in [0.2, 0.25) is 0 Å². The molecule has 0 saturated heterocycles. The number of amides is 1. The molecule has 2 aromatic carbocycles. The zero-order chi connectivity index (χ0) is 16.1. The van der Waals surface area contributed by atoms with Crippen LogP contribution < -0.4 is 0 Å². The maximum Gasteiger partial charge on any atom is 0.235 e. The fourth-order valence-electron chi connectivity index (χ4n) is 3.02. The predicted molar refractivity (Wildman–Crippen MR) is 91.8 cm³/mol. The van der Waals surface area contributed by atoms with E-state index in [0.717, 1.165) is 11.1 Å². The summed E-state index contributed by atoms with van der Waals surface area (Å²) in [7, 11) is 0. The van der Waals surface area contributed by atoms with E-state index in [0.29, 0.717) is 0 Å². The van der Waals surface area contributed by atoms with E-state index in [1.165, 1.54) is 0 Å². The molecule has 22 heavy (non-hydrogen) atoms. The lowest BCUT2D eigenvalue weighted by Gasteiger charge is -2.34. The Labute approximate surface area is 133 Å². The second-order valence-electron chi connectivity index (χ2n) is 6.19. The molecule has 0 heterocycles. The van der Waals surface area contributed by atoms with Crippen molar-refractivity contribution in [2.24, 2.45) is 0 Å². The van der Waals surface area contributed by atoms with Gasteiger partial charge in [0.05, 0.1) is 5.92 Å². The molecule has 0 aliphatic carbocycles. The summed E-state index contributed by atoms with van der Waals surface area (Å²) in [5.41, 5.74) is 2.09. The van der Waals surface area contributed by atoms with Gasteiger partial charge in [0.1, 0.15) is 0 Å². The summed E-state index contributed by atoms with van der Waals surface area (Å²) in [5.74, 6) is -0.0744. The molecule has 0 aromatic heterocycles. The summed E-state index contributed by atoms with van der Waals surface area (Å²) in [4.78, 5) is 15.2. The minimum Gasteiger partial charge on any atom is -0.337 e. The van der Waals surface area contributed by atoms with Gasteiger partial charge in [-0.2, -0.15) is 0 Å². The van der Waals surface area contributed by atoms with Gasteiger partial charge < -0.3 is 4.90 Å². The number of carbonyl (C=O) groups is 1. The third kappa shape index (κ3) is 3.56. The van der Waals surface area contributed by atoms with Crippen molar-refractivity contribution in [1.29, 1.82) is 0 Å². The Hall–Kier alpha value is -2.09. The molecule has 0 aliphatic heterocycles. The Balaban J connectivity index is 2.47. The van der Waals surface area contributed by atoms with Gasteiger partial charge in [0.25, 0.3) is 0 Å². The molecule has 0 radical (unpaired) electrons. The summed E-state index contributed by atoms with van der Waals surface area (Å²) in [6, 6.07) is 20.5. The van der Waals surface area contributed by atoms with Crippen molar-refractivity contribution >= 4 is 5.91 Å². The van der Waals surface area contributed by atoms with E-state index in [-0.39, 0.29) is 23.9 Å². The maximum atomic E-state index is 13.3.